The van der Waals surface area contributed by atoms with Gasteiger partial charge in [0.15, 0.2) is 0 Å². The zero-order valence-electron chi connectivity index (χ0n) is 11.4. The normalized spacial score (nSPS) is 22.9. The predicted octanol–water partition coefficient (Wildman–Crippen LogP) is 1.44. The molecule has 0 aliphatic heterocycles. The van der Waals surface area contributed by atoms with E-state index in [0.29, 0.717) is 0 Å². The Balaban J connectivity index is 2.39. The van der Waals surface area contributed by atoms with Gasteiger partial charge < -0.3 is 4.74 Å². The third kappa shape index (κ3) is 5.35. The maximum atomic E-state index is 11.8. The van der Waals surface area contributed by atoms with Crippen LogP contribution >= 0.6 is 0 Å². The topological polar surface area (TPSA) is 72.5 Å². The van der Waals surface area contributed by atoms with Crippen molar-refractivity contribution in [2.75, 3.05) is 12.4 Å². The molecule has 1 fully saturated rings. The van der Waals surface area contributed by atoms with Crippen LogP contribution in [0.25, 0.3) is 0 Å². The van der Waals surface area contributed by atoms with E-state index in [1.54, 1.807) is 6.92 Å². The lowest BCUT2D eigenvalue weighted by Crippen LogP contribution is -2.35. The van der Waals surface area contributed by atoms with E-state index in [1.807, 2.05) is 0 Å². The fourth-order valence-corrected chi connectivity index (χ4v) is 3.56. The molecule has 0 heterocycles. The number of sulfonamides is 1. The van der Waals surface area contributed by atoms with Gasteiger partial charge >= 0.3 is 5.97 Å². The van der Waals surface area contributed by atoms with Gasteiger partial charge in [-0.2, -0.15) is 0 Å². The minimum Gasteiger partial charge on any atom is -0.466 e. The van der Waals surface area contributed by atoms with Gasteiger partial charge in [0.1, 0.15) is 0 Å². The number of carbonyl (C=O) groups excluding carboxylic acids is 1. The largest absolute Gasteiger partial charge is 0.466 e. The van der Waals surface area contributed by atoms with E-state index < -0.39 is 16.0 Å². The second-order valence-electron chi connectivity index (χ2n) is 5.60. The van der Waals surface area contributed by atoms with Crippen molar-refractivity contribution in [2.24, 2.45) is 5.41 Å². The summed E-state index contributed by atoms with van der Waals surface area (Å²) >= 11 is 0. The van der Waals surface area contributed by atoms with Gasteiger partial charge in [0, 0.05) is 6.04 Å². The first kappa shape index (κ1) is 15.4. The van der Waals surface area contributed by atoms with Crippen LogP contribution in [0.4, 0.5) is 0 Å². The summed E-state index contributed by atoms with van der Waals surface area (Å²) in [5, 5.41) is 0. The van der Waals surface area contributed by atoms with Crippen molar-refractivity contribution in [3.05, 3.63) is 0 Å². The van der Waals surface area contributed by atoms with Gasteiger partial charge in [-0.3, -0.25) is 4.79 Å². The third-order valence-electron chi connectivity index (χ3n) is 3.20. The molecule has 106 valence electrons. The molecule has 0 aromatic rings. The van der Waals surface area contributed by atoms with Crippen molar-refractivity contribution in [1.82, 2.24) is 4.72 Å². The van der Waals surface area contributed by atoms with E-state index in [4.69, 9.17) is 4.74 Å². The first-order valence-electron chi connectivity index (χ1n) is 6.40. The molecule has 0 amide bonds. The van der Waals surface area contributed by atoms with Crippen LogP contribution in [0.3, 0.4) is 0 Å². The summed E-state index contributed by atoms with van der Waals surface area (Å²) in [4.78, 5) is 11.1. The Morgan fingerprint density at radius 2 is 2.11 bits per heavy atom. The number of nitrogens with one attached hydrogen (secondary N) is 1. The van der Waals surface area contributed by atoms with Gasteiger partial charge in [-0.05, 0) is 31.6 Å². The monoisotopic (exact) mass is 277 g/mol. The lowest BCUT2D eigenvalue weighted by Gasteiger charge is -2.17. The number of ether oxygens (including phenoxy) is 1. The van der Waals surface area contributed by atoms with Crippen LogP contribution in [0.15, 0.2) is 0 Å². The van der Waals surface area contributed by atoms with Gasteiger partial charge in [-0.15, -0.1) is 0 Å². The van der Waals surface area contributed by atoms with Crippen molar-refractivity contribution >= 4 is 16.0 Å². The minimum atomic E-state index is -3.38. The summed E-state index contributed by atoms with van der Waals surface area (Å²) in [6.45, 7) is 6.26. The van der Waals surface area contributed by atoms with Gasteiger partial charge in [-0.1, -0.05) is 13.8 Å². The molecule has 1 N–H and O–H groups in total. The molecule has 0 saturated heterocycles. The van der Waals surface area contributed by atoms with E-state index in [-0.39, 0.29) is 30.2 Å². The Labute approximate surface area is 109 Å². The van der Waals surface area contributed by atoms with E-state index >= 15 is 0 Å². The van der Waals surface area contributed by atoms with E-state index in [2.05, 4.69) is 18.6 Å². The second kappa shape index (κ2) is 6.02. The molecule has 6 heteroatoms. The Bertz CT molecular complexity index is 389. The van der Waals surface area contributed by atoms with Crippen molar-refractivity contribution in [3.63, 3.8) is 0 Å². The molecule has 0 radical (unpaired) electrons. The molecule has 1 saturated carbocycles. The summed E-state index contributed by atoms with van der Waals surface area (Å²) in [7, 11) is -3.38. The van der Waals surface area contributed by atoms with E-state index in [9.17, 15) is 13.2 Å². The quantitative estimate of drug-likeness (QED) is 0.746. The van der Waals surface area contributed by atoms with Crippen LogP contribution in [0, 0.1) is 5.41 Å². The van der Waals surface area contributed by atoms with Crippen LogP contribution in [-0.2, 0) is 19.6 Å². The molecular weight excluding hydrogens is 254 g/mol. The van der Waals surface area contributed by atoms with Gasteiger partial charge in [-0.25, -0.2) is 13.1 Å². The number of hydrogen-bond donors (Lipinski definition) is 1. The SMILES string of the molecule is CCOC(=O)CCS(=O)(=O)NC1CCC(C)(C)C1. The summed E-state index contributed by atoms with van der Waals surface area (Å²) in [5.41, 5.74) is 0.203. The lowest BCUT2D eigenvalue weighted by molar-refractivity contribution is -0.142. The molecule has 18 heavy (non-hydrogen) atoms. The molecule has 5 nitrogen and oxygen atoms in total. The molecule has 0 spiro atoms. The second-order valence-corrected chi connectivity index (χ2v) is 7.47. The van der Waals surface area contributed by atoms with Gasteiger partial charge in [0.05, 0.1) is 18.8 Å². The highest BCUT2D eigenvalue weighted by Gasteiger charge is 2.33. The molecular formula is C12H23NO4S. The standard InChI is InChI=1S/C12H23NO4S/c1-4-17-11(14)6-8-18(15,16)13-10-5-7-12(2,3)9-10/h10,13H,4-9H2,1-3H3. The molecule has 1 atom stereocenters. The highest BCUT2D eigenvalue weighted by atomic mass is 32.2. The van der Waals surface area contributed by atoms with E-state index in [0.717, 1.165) is 19.3 Å². The van der Waals surface area contributed by atoms with Crippen LogP contribution in [0.2, 0.25) is 0 Å². The molecule has 1 aliphatic carbocycles. The summed E-state index contributed by atoms with van der Waals surface area (Å²) < 4.78 is 31.0. The Morgan fingerprint density at radius 1 is 1.44 bits per heavy atom. The number of carbonyl (C=O) groups is 1. The smallest absolute Gasteiger partial charge is 0.306 e. The summed E-state index contributed by atoms with van der Waals surface area (Å²) in [6, 6.07) is 0.00666. The van der Waals surface area contributed by atoms with Crippen molar-refractivity contribution < 1.29 is 17.9 Å². The molecule has 1 unspecified atom stereocenters. The van der Waals surface area contributed by atoms with Crippen molar-refractivity contribution in [1.29, 1.82) is 0 Å². The first-order chi connectivity index (χ1) is 8.24. The maximum Gasteiger partial charge on any atom is 0.306 e. The number of rotatable bonds is 6. The van der Waals surface area contributed by atoms with Crippen molar-refractivity contribution in [3.8, 4) is 0 Å². The average molecular weight is 277 g/mol. The predicted molar refractivity (Wildman–Crippen MR) is 69.6 cm³/mol. The van der Waals surface area contributed by atoms with Gasteiger partial charge in [0.25, 0.3) is 0 Å². The molecule has 0 bridgehead atoms. The number of esters is 1. The summed E-state index contributed by atoms with van der Waals surface area (Å²) in [5.74, 6) is -0.655. The zero-order chi connectivity index (χ0) is 13.8. The summed E-state index contributed by atoms with van der Waals surface area (Å²) in [6.07, 6.45) is 2.66. The molecule has 0 aromatic heterocycles. The third-order valence-corrected chi connectivity index (χ3v) is 4.63. The maximum absolute atomic E-state index is 11.8. The Hall–Kier alpha value is -0.620. The Morgan fingerprint density at radius 3 is 2.61 bits per heavy atom. The lowest BCUT2D eigenvalue weighted by atomic mass is 9.92. The molecule has 1 rings (SSSR count). The molecule has 0 aromatic carbocycles. The highest BCUT2D eigenvalue weighted by molar-refractivity contribution is 7.89. The molecule has 1 aliphatic rings. The van der Waals surface area contributed by atoms with Crippen LogP contribution in [0.5, 0.6) is 0 Å². The van der Waals surface area contributed by atoms with E-state index in [1.165, 1.54) is 0 Å². The Kier molecular flexibility index (Phi) is 5.16. The number of hydrogen-bond acceptors (Lipinski definition) is 4. The van der Waals surface area contributed by atoms with Crippen LogP contribution in [0.1, 0.15) is 46.5 Å². The zero-order valence-corrected chi connectivity index (χ0v) is 12.2. The van der Waals surface area contributed by atoms with Crippen LogP contribution in [-0.4, -0.2) is 32.8 Å². The van der Waals surface area contributed by atoms with Crippen molar-refractivity contribution in [2.45, 2.75) is 52.5 Å². The van der Waals surface area contributed by atoms with Crippen LogP contribution < -0.4 is 4.72 Å². The highest BCUT2D eigenvalue weighted by Crippen LogP contribution is 2.37. The fraction of sp³-hybridized carbons (Fsp3) is 0.917. The minimum absolute atomic E-state index is 0.00666. The first-order valence-corrected chi connectivity index (χ1v) is 8.05. The van der Waals surface area contributed by atoms with Gasteiger partial charge in [0.2, 0.25) is 10.0 Å². The fourth-order valence-electron chi connectivity index (χ4n) is 2.30. The average Bonchev–Trinajstić information content (AvgIpc) is 2.55.